The summed E-state index contributed by atoms with van der Waals surface area (Å²) in [5.74, 6) is -3.39. The van der Waals surface area contributed by atoms with E-state index in [0.29, 0.717) is 67.7 Å². The maximum Gasteiger partial charge on any atom is 0.258 e. The minimum Gasteiger partial charge on any atom is -0.401 e. The van der Waals surface area contributed by atoms with Gasteiger partial charge in [0.05, 0.1) is 6.54 Å². The average Bonchev–Trinajstić information content (AvgIpc) is 2.78. The van der Waals surface area contributed by atoms with Crippen LogP contribution in [-0.2, 0) is 12.8 Å². The first-order chi connectivity index (χ1) is 16.2. The van der Waals surface area contributed by atoms with Crippen molar-refractivity contribution in [2.24, 2.45) is 16.1 Å². The van der Waals surface area contributed by atoms with Crippen molar-refractivity contribution in [2.45, 2.75) is 44.1 Å². The molecule has 1 atom stereocenters. The molecular formula is C27H35F3N4. The zero-order chi connectivity index (χ0) is 24.8. The predicted molar refractivity (Wildman–Crippen MR) is 135 cm³/mol. The van der Waals surface area contributed by atoms with Gasteiger partial charge in [0.1, 0.15) is 5.83 Å². The van der Waals surface area contributed by atoms with Crippen LogP contribution in [0.3, 0.4) is 0 Å². The zero-order valence-electron chi connectivity index (χ0n) is 19.8. The van der Waals surface area contributed by atoms with Gasteiger partial charge in [-0.25, -0.2) is 13.2 Å². The Hall–Kier alpha value is -2.64. The lowest BCUT2D eigenvalue weighted by atomic mass is 9.64. The molecule has 4 N–H and O–H groups in total. The molecule has 34 heavy (non-hydrogen) atoms. The summed E-state index contributed by atoms with van der Waals surface area (Å²) in [4.78, 5) is 4.36. The topological polar surface area (TPSA) is 62.4 Å². The number of piperidine rings is 1. The number of nitrogens with two attached hydrogens (primary N) is 1. The molecule has 7 heteroatoms. The fraction of sp³-hybridized carbons (Fsp3) is 0.444. The van der Waals surface area contributed by atoms with Crippen LogP contribution in [0, 0.1) is 5.41 Å². The molecule has 1 fully saturated rings. The van der Waals surface area contributed by atoms with Crippen molar-refractivity contribution in [3.63, 3.8) is 0 Å². The number of hydrogen-bond acceptors (Lipinski definition) is 4. The Labute approximate surface area is 200 Å². The van der Waals surface area contributed by atoms with Gasteiger partial charge in [-0.3, -0.25) is 4.99 Å². The van der Waals surface area contributed by atoms with Crippen molar-refractivity contribution in [3.8, 4) is 0 Å². The van der Waals surface area contributed by atoms with Gasteiger partial charge >= 0.3 is 0 Å². The maximum atomic E-state index is 15.3. The molecule has 1 aliphatic heterocycles. The SMILES string of the molecule is C=C(F)/C=C(\C=NC/C=C/CC(NC)C(=C)N)c1ccc2c(c1)CC(F)(F)C1(CCNCC1)C2. The summed E-state index contributed by atoms with van der Waals surface area (Å²) in [6.45, 7) is 8.69. The van der Waals surface area contributed by atoms with Crippen LogP contribution in [0.15, 0.2) is 66.1 Å². The average molecular weight is 473 g/mol. The summed E-state index contributed by atoms with van der Waals surface area (Å²) < 4.78 is 44.2. The monoisotopic (exact) mass is 472 g/mol. The lowest BCUT2D eigenvalue weighted by molar-refractivity contribution is -0.141. The van der Waals surface area contributed by atoms with E-state index in [0.717, 1.165) is 5.56 Å². The highest BCUT2D eigenvalue weighted by molar-refractivity contribution is 6.10. The highest BCUT2D eigenvalue weighted by Crippen LogP contribution is 2.52. The number of aliphatic imine (C=N–C) groups is 1. The fourth-order valence-corrected chi connectivity index (χ4v) is 4.85. The van der Waals surface area contributed by atoms with Crippen LogP contribution in [-0.4, -0.2) is 44.9 Å². The van der Waals surface area contributed by atoms with Crippen molar-refractivity contribution in [3.05, 3.63) is 77.8 Å². The van der Waals surface area contributed by atoms with Gasteiger partial charge in [0.15, 0.2) is 0 Å². The lowest BCUT2D eigenvalue weighted by Crippen LogP contribution is -2.53. The number of rotatable bonds is 9. The molecule has 1 aromatic carbocycles. The van der Waals surface area contributed by atoms with E-state index in [9.17, 15) is 4.39 Å². The number of allylic oxidation sites excluding steroid dienone is 3. The number of nitrogens with zero attached hydrogens (tertiary/aromatic N) is 1. The van der Waals surface area contributed by atoms with E-state index in [4.69, 9.17) is 5.73 Å². The summed E-state index contributed by atoms with van der Waals surface area (Å²) in [6, 6.07) is 5.50. The van der Waals surface area contributed by atoms with E-state index < -0.39 is 17.2 Å². The number of alkyl halides is 2. The predicted octanol–water partition coefficient (Wildman–Crippen LogP) is 4.73. The number of likely N-dealkylation sites (N-methyl/N-ethyl adjacent to an activating group) is 1. The molecule has 1 heterocycles. The largest absolute Gasteiger partial charge is 0.401 e. The molecule has 0 radical (unpaired) electrons. The molecular weight excluding hydrogens is 437 g/mol. The number of hydrogen-bond donors (Lipinski definition) is 3. The van der Waals surface area contributed by atoms with Crippen LogP contribution < -0.4 is 16.4 Å². The van der Waals surface area contributed by atoms with Crippen LogP contribution in [0.5, 0.6) is 0 Å². The summed E-state index contributed by atoms with van der Waals surface area (Å²) in [6.07, 6.45) is 8.38. The van der Waals surface area contributed by atoms with E-state index in [-0.39, 0.29) is 12.5 Å². The minimum atomic E-state index is -2.77. The molecule has 0 bridgehead atoms. The Morgan fingerprint density at radius 2 is 1.94 bits per heavy atom. The Bertz CT molecular complexity index is 988. The van der Waals surface area contributed by atoms with Gasteiger partial charge in [0.2, 0.25) is 0 Å². The van der Waals surface area contributed by atoms with Crippen molar-refractivity contribution in [1.29, 1.82) is 0 Å². The van der Waals surface area contributed by atoms with Crippen LogP contribution >= 0.6 is 0 Å². The first kappa shape index (κ1) is 26.0. The van der Waals surface area contributed by atoms with Gasteiger partial charge in [0, 0.05) is 35.4 Å². The van der Waals surface area contributed by atoms with Gasteiger partial charge in [-0.05, 0) is 68.6 Å². The van der Waals surface area contributed by atoms with Crippen molar-refractivity contribution in [1.82, 2.24) is 10.6 Å². The van der Waals surface area contributed by atoms with E-state index in [1.54, 1.807) is 12.3 Å². The quantitative estimate of drug-likeness (QED) is 0.277. The lowest BCUT2D eigenvalue weighted by Gasteiger charge is -2.47. The van der Waals surface area contributed by atoms with Crippen LogP contribution in [0.1, 0.15) is 36.0 Å². The van der Waals surface area contributed by atoms with Gasteiger partial charge in [-0.1, -0.05) is 43.5 Å². The second kappa shape index (κ2) is 11.2. The third kappa shape index (κ3) is 6.07. The van der Waals surface area contributed by atoms with Gasteiger partial charge < -0.3 is 16.4 Å². The molecule has 1 unspecified atom stereocenters. The smallest absolute Gasteiger partial charge is 0.258 e. The van der Waals surface area contributed by atoms with Crippen LogP contribution in [0.25, 0.3) is 5.57 Å². The summed E-state index contributed by atoms with van der Waals surface area (Å²) in [5.41, 5.74) is 8.03. The summed E-state index contributed by atoms with van der Waals surface area (Å²) >= 11 is 0. The third-order valence-electron chi connectivity index (χ3n) is 6.91. The Kier molecular flexibility index (Phi) is 8.55. The van der Waals surface area contributed by atoms with Gasteiger partial charge in [-0.2, -0.15) is 0 Å². The molecule has 4 nitrogen and oxygen atoms in total. The molecule has 0 amide bonds. The fourth-order valence-electron chi connectivity index (χ4n) is 4.85. The van der Waals surface area contributed by atoms with Gasteiger partial charge in [0.25, 0.3) is 5.92 Å². The number of benzene rings is 1. The summed E-state index contributed by atoms with van der Waals surface area (Å²) in [7, 11) is 1.82. The summed E-state index contributed by atoms with van der Waals surface area (Å²) in [5, 5.41) is 6.26. The Balaban J connectivity index is 1.75. The molecule has 2 aliphatic rings. The zero-order valence-corrected chi connectivity index (χ0v) is 19.8. The molecule has 3 rings (SSSR count). The van der Waals surface area contributed by atoms with Crippen LogP contribution in [0.2, 0.25) is 0 Å². The molecule has 184 valence electrons. The molecule has 0 aromatic heterocycles. The molecule has 1 aliphatic carbocycles. The maximum absolute atomic E-state index is 15.3. The highest BCUT2D eigenvalue weighted by atomic mass is 19.3. The number of nitrogens with one attached hydrogen (secondary N) is 2. The first-order valence-corrected chi connectivity index (χ1v) is 11.7. The first-order valence-electron chi connectivity index (χ1n) is 11.7. The van der Waals surface area contributed by atoms with E-state index in [1.807, 2.05) is 31.3 Å². The van der Waals surface area contributed by atoms with Crippen molar-refractivity contribution in [2.75, 3.05) is 26.7 Å². The normalized spacial score (nSPS) is 20.5. The number of fused-ring (bicyclic) bond motifs is 1. The molecule has 1 aromatic rings. The minimum absolute atomic E-state index is 0.0109. The third-order valence-corrected chi connectivity index (χ3v) is 6.91. The Morgan fingerprint density at radius 3 is 2.59 bits per heavy atom. The van der Waals surface area contributed by atoms with Gasteiger partial charge in [-0.15, -0.1) is 0 Å². The van der Waals surface area contributed by atoms with Crippen molar-refractivity contribution < 1.29 is 13.2 Å². The van der Waals surface area contributed by atoms with E-state index in [2.05, 4.69) is 28.8 Å². The number of halogens is 3. The van der Waals surface area contributed by atoms with E-state index in [1.165, 1.54) is 6.08 Å². The molecule has 1 spiro atoms. The molecule has 0 saturated carbocycles. The van der Waals surface area contributed by atoms with Crippen molar-refractivity contribution >= 4 is 11.8 Å². The highest BCUT2D eigenvalue weighted by Gasteiger charge is 2.55. The molecule has 1 saturated heterocycles. The van der Waals surface area contributed by atoms with Crippen LogP contribution in [0.4, 0.5) is 13.2 Å². The standard InChI is InChI=1S/C27H35F3N4/c1-19(28)14-24(18-34-11-5-4-6-25(32-3)20(2)31)21-7-8-22-16-26(9-12-33-13-10-26)27(29,30)17-23(22)15-21/h4-5,7-8,14-15,18,25,32-33H,1-2,6,9-13,16-17,31H2,3H3/b5-4+,24-14+,34-18?. The second-order valence-electron chi connectivity index (χ2n) is 9.24. The Morgan fingerprint density at radius 1 is 1.21 bits per heavy atom. The second-order valence-corrected chi connectivity index (χ2v) is 9.24. The van der Waals surface area contributed by atoms with E-state index >= 15 is 8.78 Å².